The zero-order chi connectivity index (χ0) is 23.8. The lowest BCUT2D eigenvalue weighted by atomic mass is 9.82. The van der Waals surface area contributed by atoms with Crippen molar-refractivity contribution in [2.75, 3.05) is 0 Å². The summed E-state index contributed by atoms with van der Waals surface area (Å²) in [4.78, 5) is 36.8. The average Bonchev–Trinajstić information content (AvgIpc) is 3.16. The first-order valence-electron chi connectivity index (χ1n) is 11.2. The highest BCUT2D eigenvalue weighted by Crippen LogP contribution is 2.46. The Bertz CT molecular complexity index is 858. The molecular weight excluding hydrogens is 416 g/mol. The third kappa shape index (κ3) is 4.76. The van der Waals surface area contributed by atoms with Crippen LogP contribution in [0.15, 0.2) is 22.8 Å². The number of ether oxygens (including phenoxy) is 4. The number of esters is 3. The smallest absolute Gasteiger partial charge is 0.336 e. The van der Waals surface area contributed by atoms with E-state index in [-0.39, 0.29) is 29.6 Å². The Morgan fingerprint density at radius 2 is 1.81 bits per heavy atom. The molecule has 0 spiro atoms. The van der Waals surface area contributed by atoms with Gasteiger partial charge >= 0.3 is 17.9 Å². The molecule has 178 valence electrons. The molecule has 3 aliphatic heterocycles. The fourth-order valence-electron chi connectivity index (χ4n) is 5.12. The van der Waals surface area contributed by atoms with Gasteiger partial charge in [-0.25, -0.2) is 4.79 Å². The van der Waals surface area contributed by atoms with Crippen LogP contribution in [0.5, 0.6) is 0 Å². The second kappa shape index (κ2) is 8.98. The third-order valence-electron chi connectivity index (χ3n) is 6.75. The van der Waals surface area contributed by atoms with Crippen LogP contribution in [0.25, 0.3) is 0 Å². The van der Waals surface area contributed by atoms with E-state index in [0.29, 0.717) is 6.42 Å². The number of hydrogen-bond acceptors (Lipinski definition) is 8. The van der Waals surface area contributed by atoms with Crippen molar-refractivity contribution in [2.24, 2.45) is 5.92 Å². The molecule has 3 aliphatic rings. The normalized spacial score (nSPS) is 39.6. The second-order valence-electron chi connectivity index (χ2n) is 9.56. The first-order chi connectivity index (χ1) is 14.9. The van der Waals surface area contributed by atoms with E-state index in [1.807, 2.05) is 19.9 Å². The summed E-state index contributed by atoms with van der Waals surface area (Å²) < 4.78 is 23.2. The fraction of sp³-hybridized carbons (Fsp3) is 0.708. The predicted molar refractivity (Wildman–Crippen MR) is 114 cm³/mol. The second-order valence-corrected chi connectivity index (χ2v) is 9.56. The van der Waals surface area contributed by atoms with Crippen molar-refractivity contribution >= 4 is 17.9 Å². The summed E-state index contributed by atoms with van der Waals surface area (Å²) in [6.07, 6.45) is 2.64. The lowest BCUT2D eigenvalue weighted by Gasteiger charge is -2.40. The maximum absolute atomic E-state index is 12.5. The van der Waals surface area contributed by atoms with E-state index in [1.165, 1.54) is 20.8 Å². The Balaban J connectivity index is 2.20. The van der Waals surface area contributed by atoms with Gasteiger partial charge in [-0.1, -0.05) is 18.6 Å². The number of carbonyl (C=O) groups is 3. The maximum Gasteiger partial charge on any atom is 0.336 e. The van der Waals surface area contributed by atoms with Crippen LogP contribution in [0, 0.1) is 5.92 Å². The SMILES string of the molecule is CC(=O)O[C@@H]1[C@@H](OC(C)=O)C2=C(C)C(=O)O[C@]2(O)C/C(C)=C/CC[C@H](C)[C@H]2CCC1(C)O2. The standard InChI is InChI=1S/C24H34O8/c1-13-8-7-9-14(2)18-10-11-23(6,31-18)21(30-17(5)26)20(29-16(4)25)19-15(3)22(27)32-24(19,28)12-13/h8,14,18,20-21,28H,7,9-12H2,1-6H3/b13-8+/t14-,18+,20-,21+,23?,24+/m0/s1. The molecule has 0 amide bonds. The Kier molecular flexibility index (Phi) is 6.86. The lowest BCUT2D eigenvalue weighted by molar-refractivity contribution is -0.205. The zero-order valence-corrected chi connectivity index (χ0v) is 19.7. The van der Waals surface area contributed by atoms with Crippen LogP contribution in [-0.4, -0.2) is 52.7 Å². The van der Waals surface area contributed by atoms with Crippen molar-refractivity contribution in [1.29, 1.82) is 0 Å². The van der Waals surface area contributed by atoms with Crippen molar-refractivity contribution in [1.82, 2.24) is 0 Å². The van der Waals surface area contributed by atoms with Gasteiger partial charge in [0.05, 0.1) is 11.7 Å². The summed E-state index contributed by atoms with van der Waals surface area (Å²) in [7, 11) is 0. The minimum absolute atomic E-state index is 0.0192. The molecule has 1 N–H and O–H groups in total. The highest BCUT2D eigenvalue weighted by Gasteiger charge is 2.57. The minimum Gasteiger partial charge on any atom is -0.455 e. The molecule has 3 heterocycles. The summed E-state index contributed by atoms with van der Waals surface area (Å²) in [5, 5.41) is 11.5. The van der Waals surface area contributed by atoms with Gasteiger partial charge in [-0.2, -0.15) is 0 Å². The van der Waals surface area contributed by atoms with Crippen molar-refractivity contribution < 1.29 is 38.4 Å². The predicted octanol–water partition coefficient (Wildman–Crippen LogP) is 3.12. The number of allylic oxidation sites excluding steroid dienone is 1. The van der Waals surface area contributed by atoms with E-state index in [2.05, 4.69) is 6.92 Å². The monoisotopic (exact) mass is 450 g/mol. The van der Waals surface area contributed by atoms with Gasteiger partial charge in [-0.15, -0.1) is 0 Å². The van der Waals surface area contributed by atoms with E-state index in [1.54, 1.807) is 0 Å². The summed E-state index contributed by atoms with van der Waals surface area (Å²) >= 11 is 0. The zero-order valence-electron chi connectivity index (χ0n) is 19.7. The molecule has 0 radical (unpaired) electrons. The molecule has 0 aromatic heterocycles. The number of fused-ring (bicyclic) bond motifs is 3. The van der Waals surface area contributed by atoms with Crippen LogP contribution in [0.4, 0.5) is 0 Å². The highest BCUT2D eigenvalue weighted by molar-refractivity contribution is 5.92. The van der Waals surface area contributed by atoms with Gasteiger partial charge in [-0.3, -0.25) is 9.59 Å². The first kappa shape index (κ1) is 24.5. The molecule has 1 fully saturated rings. The summed E-state index contributed by atoms with van der Waals surface area (Å²) in [5.74, 6) is -3.69. The summed E-state index contributed by atoms with van der Waals surface area (Å²) in [6.45, 7) is 9.81. The van der Waals surface area contributed by atoms with Crippen molar-refractivity contribution in [3.8, 4) is 0 Å². The van der Waals surface area contributed by atoms with Gasteiger partial charge in [0.15, 0.2) is 12.2 Å². The summed E-state index contributed by atoms with van der Waals surface area (Å²) in [5.41, 5.74) is 0.0744. The maximum atomic E-state index is 12.5. The highest BCUT2D eigenvalue weighted by atomic mass is 16.7. The Labute approximate surface area is 188 Å². The van der Waals surface area contributed by atoms with Crippen LogP contribution in [0.1, 0.15) is 73.6 Å². The number of carbonyl (C=O) groups excluding carboxylic acids is 3. The van der Waals surface area contributed by atoms with E-state index in [0.717, 1.165) is 24.8 Å². The average molecular weight is 451 g/mol. The van der Waals surface area contributed by atoms with Crippen LogP contribution >= 0.6 is 0 Å². The molecule has 2 bridgehead atoms. The van der Waals surface area contributed by atoms with E-state index in [9.17, 15) is 19.5 Å². The summed E-state index contributed by atoms with van der Waals surface area (Å²) in [6, 6.07) is 0. The molecule has 0 aromatic carbocycles. The number of aliphatic hydroxyl groups is 1. The van der Waals surface area contributed by atoms with E-state index >= 15 is 0 Å². The van der Waals surface area contributed by atoms with Gasteiger partial charge in [0.1, 0.15) is 5.60 Å². The van der Waals surface area contributed by atoms with E-state index in [4.69, 9.17) is 18.9 Å². The Morgan fingerprint density at radius 3 is 2.44 bits per heavy atom. The molecule has 3 rings (SSSR count). The Hall–Kier alpha value is -2.19. The lowest BCUT2D eigenvalue weighted by Crippen LogP contribution is -2.54. The fourth-order valence-corrected chi connectivity index (χ4v) is 5.12. The van der Waals surface area contributed by atoms with Crippen molar-refractivity contribution in [3.63, 3.8) is 0 Å². The van der Waals surface area contributed by atoms with Crippen LogP contribution in [0.2, 0.25) is 0 Å². The van der Waals surface area contributed by atoms with Gasteiger partial charge < -0.3 is 24.1 Å². The quantitative estimate of drug-likeness (QED) is 0.388. The van der Waals surface area contributed by atoms with Gasteiger partial charge in [0, 0.05) is 25.8 Å². The van der Waals surface area contributed by atoms with Crippen molar-refractivity contribution in [3.05, 3.63) is 22.8 Å². The topological polar surface area (TPSA) is 108 Å². The van der Waals surface area contributed by atoms with Crippen LogP contribution < -0.4 is 0 Å². The van der Waals surface area contributed by atoms with E-state index < -0.39 is 41.5 Å². The molecule has 1 unspecified atom stereocenters. The minimum atomic E-state index is -2.02. The molecule has 0 saturated carbocycles. The van der Waals surface area contributed by atoms with Gasteiger partial charge in [0.2, 0.25) is 5.79 Å². The Morgan fingerprint density at radius 1 is 1.16 bits per heavy atom. The van der Waals surface area contributed by atoms with Gasteiger partial charge in [-0.05, 0) is 52.4 Å². The first-order valence-corrected chi connectivity index (χ1v) is 11.2. The van der Waals surface area contributed by atoms with Gasteiger partial charge in [0.25, 0.3) is 0 Å². The molecule has 32 heavy (non-hydrogen) atoms. The van der Waals surface area contributed by atoms with Crippen LogP contribution in [-0.2, 0) is 33.3 Å². The molecule has 0 aromatic rings. The number of rotatable bonds is 2. The number of hydrogen-bond donors (Lipinski definition) is 1. The van der Waals surface area contributed by atoms with Crippen LogP contribution in [0.3, 0.4) is 0 Å². The molecule has 6 atom stereocenters. The molecule has 1 saturated heterocycles. The van der Waals surface area contributed by atoms with Crippen molar-refractivity contribution in [2.45, 2.75) is 103 Å². The largest absolute Gasteiger partial charge is 0.455 e. The molecule has 8 heteroatoms. The third-order valence-corrected chi connectivity index (χ3v) is 6.75. The molecular formula is C24H34O8. The molecule has 0 aliphatic carbocycles. The molecule has 8 nitrogen and oxygen atoms in total.